The molecule has 0 spiro atoms. The number of nitrogens with zero attached hydrogens (tertiary/aromatic N) is 5. The number of benzene rings is 9. The predicted molar refractivity (Wildman–Crippen MR) is 262 cm³/mol. The van der Waals surface area contributed by atoms with E-state index in [1.54, 1.807) is 0 Å². The number of fused-ring (bicyclic) bond motifs is 9. The summed E-state index contributed by atoms with van der Waals surface area (Å²) in [6.45, 7) is 4.67. The van der Waals surface area contributed by atoms with Gasteiger partial charge in [0.05, 0.1) is 50.3 Å². The van der Waals surface area contributed by atoms with E-state index in [9.17, 15) is 0 Å². The molecule has 63 heavy (non-hydrogen) atoms. The first-order chi connectivity index (χ1) is 31.1. The molecule has 0 N–H and O–H groups in total. The fraction of sp³-hybridized carbons (Fsp3) is 0.0517. The minimum absolute atomic E-state index is 0.133. The highest BCUT2D eigenvalue weighted by atomic mass is 15.2. The molecule has 9 aromatic carbocycles. The first-order valence-corrected chi connectivity index (χ1v) is 21.7. The van der Waals surface area contributed by atoms with Crippen molar-refractivity contribution in [2.75, 3.05) is 4.90 Å². The molecule has 5 heteroatoms. The van der Waals surface area contributed by atoms with Crippen LogP contribution in [0.25, 0.3) is 83.1 Å². The SMILES string of the molecule is CC1(C)c2ccccc2N(c2ccc(-c3nc4c(-n5c6ccccc6c6ccccc65)ccc(-n5c6ccccc6c6ccccc65)c4n3-c3ccccc3)cc2)c2ccccc21. The average molecular weight is 808 g/mol. The largest absolute Gasteiger partial charge is 0.310 e. The number of hydrogen-bond donors (Lipinski definition) is 0. The summed E-state index contributed by atoms with van der Waals surface area (Å²) < 4.78 is 7.22. The quantitative estimate of drug-likeness (QED) is 0.173. The molecule has 0 saturated heterocycles. The van der Waals surface area contributed by atoms with E-state index in [0.29, 0.717) is 0 Å². The molecule has 0 aliphatic carbocycles. The summed E-state index contributed by atoms with van der Waals surface area (Å²) in [4.78, 5) is 8.23. The van der Waals surface area contributed by atoms with Crippen LogP contribution in [0.4, 0.5) is 17.1 Å². The zero-order valence-electron chi connectivity index (χ0n) is 34.9. The van der Waals surface area contributed by atoms with Crippen molar-refractivity contribution >= 4 is 71.7 Å². The lowest BCUT2D eigenvalue weighted by molar-refractivity contribution is 0.632. The van der Waals surface area contributed by atoms with Crippen molar-refractivity contribution < 1.29 is 0 Å². The monoisotopic (exact) mass is 807 g/mol. The van der Waals surface area contributed by atoms with Gasteiger partial charge in [-0.3, -0.25) is 4.57 Å². The third-order valence-corrected chi connectivity index (χ3v) is 13.4. The van der Waals surface area contributed by atoms with Crippen LogP contribution in [0.1, 0.15) is 25.0 Å². The average Bonchev–Trinajstić information content (AvgIpc) is 4.01. The van der Waals surface area contributed by atoms with E-state index in [-0.39, 0.29) is 5.41 Å². The van der Waals surface area contributed by atoms with Gasteiger partial charge in [-0.25, -0.2) is 4.98 Å². The maximum Gasteiger partial charge on any atom is 0.145 e. The lowest BCUT2D eigenvalue weighted by Crippen LogP contribution is -2.30. The Labute approximate surface area is 365 Å². The molecule has 298 valence electrons. The van der Waals surface area contributed by atoms with E-state index in [1.165, 1.54) is 44.0 Å². The lowest BCUT2D eigenvalue weighted by atomic mass is 9.73. The molecule has 1 aliphatic rings. The molecule has 0 radical (unpaired) electrons. The summed E-state index contributed by atoms with van der Waals surface area (Å²) in [6.07, 6.45) is 0. The molecule has 12 aromatic rings. The van der Waals surface area contributed by atoms with Gasteiger partial charge in [-0.15, -0.1) is 0 Å². The summed E-state index contributed by atoms with van der Waals surface area (Å²) in [5, 5.41) is 4.88. The molecule has 13 rings (SSSR count). The van der Waals surface area contributed by atoms with Crippen molar-refractivity contribution in [1.82, 2.24) is 18.7 Å². The Bertz CT molecular complexity index is 3620. The number of aromatic nitrogens is 4. The number of hydrogen-bond acceptors (Lipinski definition) is 2. The van der Waals surface area contributed by atoms with Crippen molar-refractivity contribution in [2.24, 2.45) is 0 Å². The zero-order valence-corrected chi connectivity index (χ0v) is 34.9. The standard InChI is InChI=1S/C58H41N5/c1-58(2)45-24-10-16-30-51(45)60(52-31-17-11-25-46(52)58)40-34-32-38(33-35-40)57-59-55-53(62-47-26-12-6-20-41(47)42-21-7-13-27-48(42)62)36-37-54(56(55)61(57)39-18-4-3-5-19-39)63-49-28-14-8-22-43(49)44-23-9-15-29-50(44)63/h3-37H,1-2H3. The topological polar surface area (TPSA) is 30.9 Å². The number of rotatable bonds is 5. The van der Waals surface area contributed by atoms with Gasteiger partial charge >= 0.3 is 0 Å². The Balaban J connectivity index is 1.11. The van der Waals surface area contributed by atoms with Crippen molar-refractivity contribution in [3.8, 4) is 28.5 Å². The van der Waals surface area contributed by atoms with E-state index in [4.69, 9.17) is 4.98 Å². The summed E-state index contributed by atoms with van der Waals surface area (Å²) in [6, 6.07) is 77.0. The van der Waals surface area contributed by atoms with Crippen LogP contribution < -0.4 is 4.90 Å². The molecule has 0 amide bonds. The van der Waals surface area contributed by atoms with Crippen molar-refractivity contribution in [3.63, 3.8) is 0 Å². The third kappa shape index (κ3) is 5.08. The van der Waals surface area contributed by atoms with E-state index >= 15 is 0 Å². The van der Waals surface area contributed by atoms with Crippen LogP contribution in [0.3, 0.4) is 0 Å². The summed E-state index contributed by atoms with van der Waals surface area (Å²) >= 11 is 0. The Morgan fingerprint density at radius 1 is 0.349 bits per heavy atom. The van der Waals surface area contributed by atoms with Crippen LogP contribution in [-0.2, 0) is 5.41 Å². The molecule has 0 bridgehead atoms. The summed E-state index contributed by atoms with van der Waals surface area (Å²) in [7, 11) is 0. The normalized spacial score (nSPS) is 13.3. The third-order valence-electron chi connectivity index (χ3n) is 13.4. The number of anilines is 3. The van der Waals surface area contributed by atoms with Gasteiger partial charge in [-0.2, -0.15) is 0 Å². The number of para-hydroxylation sites is 7. The summed E-state index contributed by atoms with van der Waals surface area (Å²) in [5.74, 6) is 0.874. The smallest absolute Gasteiger partial charge is 0.145 e. The molecule has 4 heterocycles. The molecule has 0 unspecified atom stereocenters. The molecule has 3 aromatic heterocycles. The molecular weight excluding hydrogens is 767 g/mol. The van der Waals surface area contributed by atoms with E-state index in [2.05, 4.69) is 245 Å². The highest BCUT2D eigenvalue weighted by molar-refractivity contribution is 6.13. The van der Waals surface area contributed by atoms with E-state index in [1.807, 2.05) is 0 Å². The lowest BCUT2D eigenvalue weighted by Gasteiger charge is -2.42. The van der Waals surface area contributed by atoms with Crippen LogP contribution in [-0.4, -0.2) is 18.7 Å². The minimum Gasteiger partial charge on any atom is -0.310 e. The Morgan fingerprint density at radius 2 is 0.778 bits per heavy atom. The molecule has 0 saturated carbocycles. The maximum absolute atomic E-state index is 5.81. The molecular formula is C58H41N5. The fourth-order valence-corrected chi connectivity index (χ4v) is 10.6. The molecule has 0 atom stereocenters. The highest BCUT2D eigenvalue weighted by Gasteiger charge is 2.36. The molecule has 0 fully saturated rings. The first kappa shape index (κ1) is 35.6. The van der Waals surface area contributed by atoms with Crippen LogP contribution in [0.5, 0.6) is 0 Å². The molecule has 1 aliphatic heterocycles. The van der Waals surface area contributed by atoms with Crippen molar-refractivity contribution in [2.45, 2.75) is 19.3 Å². The van der Waals surface area contributed by atoms with Gasteiger partial charge in [0.1, 0.15) is 11.3 Å². The van der Waals surface area contributed by atoms with Crippen molar-refractivity contribution in [3.05, 3.63) is 223 Å². The zero-order chi connectivity index (χ0) is 41.8. The van der Waals surface area contributed by atoms with Crippen molar-refractivity contribution in [1.29, 1.82) is 0 Å². The highest BCUT2D eigenvalue weighted by Crippen LogP contribution is 2.52. The Kier molecular flexibility index (Phi) is 7.58. The van der Waals surface area contributed by atoms with Crippen LogP contribution >= 0.6 is 0 Å². The Morgan fingerprint density at radius 3 is 1.30 bits per heavy atom. The van der Waals surface area contributed by atoms with Crippen LogP contribution in [0.2, 0.25) is 0 Å². The summed E-state index contributed by atoms with van der Waals surface area (Å²) in [5.41, 5.74) is 16.7. The second-order valence-electron chi connectivity index (χ2n) is 17.2. The van der Waals surface area contributed by atoms with Gasteiger partial charge in [0, 0.05) is 43.9 Å². The predicted octanol–water partition coefficient (Wildman–Crippen LogP) is 15.0. The van der Waals surface area contributed by atoms with Gasteiger partial charge in [-0.1, -0.05) is 141 Å². The van der Waals surface area contributed by atoms with Gasteiger partial charge in [0.2, 0.25) is 0 Å². The van der Waals surface area contributed by atoms with E-state index in [0.717, 1.165) is 67.2 Å². The van der Waals surface area contributed by atoms with Crippen LogP contribution in [0.15, 0.2) is 212 Å². The van der Waals surface area contributed by atoms with Gasteiger partial charge in [0.15, 0.2) is 0 Å². The van der Waals surface area contributed by atoms with Crippen LogP contribution in [0, 0.1) is 0 Å². The minimum atomic E-state index is -0.133. The molecule has 5 nitrogen and oxygen atoms in total. The maximum atomic E-state index is 5.81. The van der Waals surface area contributed by atoms with Gasteiger partial charge in [-0.05, 0) is 96.1 Å². The van der Waals surface area contributed by atoms with Gasteiger partial charge < -0.3 is 14.0 Å². The van der Waals surface area contributed by atoms with E-state index < -0.39 is 0 Å². The number of imidazole rings is 1. The second-order valence-corrected chi connectivity index (χ2v) is 17.2. The first-order valence-electron chi connectivity index (χ1n) is 21.7. The second kappa shape index (κ2) is 13.4. The fourth-order valence-electron chi connectivity index (χ4n) is 10.6. The van der Waals surface area contributed by atoms with Gasteiger partial charge in [0.25, 0.3) is 0 Å². The Hall–Kier alpha value is -8.15.